The zero-order valence-electron chi connectivity index (χ0n) is 9.50. The fraction of sp³-hybridized carbons (Fsp3) is 0.900. The van der Waals surface area contributed by atoms with Crippen molar-refractivity contribution < 1.29 is 14.3 Å². The molecule has 84 valence electrons. The summed E-state index contributed by atoms with van der Waals surface area (Å²) in [4.78, 5) is 10.8. The van der Waals surface area contributed by atoms with Crippen LogP contribution in [0.15, 0.2) is 0 Å². The molecule has 0 saturated carbocycles. The van der Waals surface area contributed by atoms with Crippen molar-refractivity contribution in [3.63, 3.8) is 0 Å². The van der Waals surface area contributed by atoms with E-state index in [4.69, 9.17) is 10.5 Å². The lowest BCUT2D eigenvalue weighted by Gasteiger charge is -2.22. The van der Waals surface area contributed by atoms with E-state index in [0.717, 1.165) is 0 Å². The van der Waals surface area contributed by atoms with Gasteiger partial charge in [-0.1, -0.05) is 0 Å². The molecule has 0 aliphatic carbocycles. The van der Waals surface area contributed by atoms with Gasteiger partial charge < -0.3 is 15.2 Å². The molecule has 0 fully saturated rings. The number of rotatable bonds is 5. The Kier molecular flexibility index (Phi) is 5.72. The van der Waals surface area contributed by atoms with Gasteiger partial charge in [0, 0.05) is 12.5 Å². The zero-order chi connectivity index (χ0) is 11.2. The molecular weight excluding hydrogens is 182 g/mol. The van der Waals surface area contributed by atoms with Gasteiger partial charge in [0.25, 0.3) is 0 Å². The Morgan fingerprint density at radius 3 is 2.43 bits per heavy atom. The summed E-state index contributed by atoms with van der Waals surface area (Å²) in [5.41, 5.74) is 5.57. The normalized spacial score (nSPS) is 13.8. The highest BCUT2D eigenvalue weighted by Crippen LogP contribution is 2.08. The van der Waals surface area contributed by atoms with Crippen molar-refractivity contribution in [1.82, 2.24) is 0 Å². The van der Waals surface area contributed by atoms with Crippen molar-refractivity contribution in [1.29, 1.82) is 0 Å². The number of hydrogen-bond donors (Lipinski definition) is 1. The van der Waals surface area contributed by atoms with E-state index >= 15 is 0 Å². The largest absolute Gasteiger partial charge is 0.469 e. The molecular formula is C10H21NO3. The average Bonchev–Trinajstić information content (AvgIpc) is 2.09. The van der Waals surface area contributed by atoms with Crippen LogP contribution in [-0.2, 0) is 14.3 Å². The molecule has 2 N–H and O–H groups in total. The van der Waals surface area contributed by atoms with Crippen molar-refractivity contribution in [2.24, 2.45) is 5.73 Å². The molecule has 0 saturated heterocycles. The van der Waals surface area contributed by atoms with Gasteiger partial charge in [0.15, 0.2) is 0 Å². The summed E-state index contributed by atoms with van der Waals surface area (Å²) in [7, 11) is 1.37. The van der Waals surface area contributed by atoms with E-state index in [2.05, 4.69) is 4.74 Å². The molecule has 0 aromatic heterocycles. The number of hydrogen-bond acceptors (Lipinski definition) is 4. The molecule has 1 atom stereocenters. The Bertz CT molecular complexity index is 175. The van der Waals surface area contributed by atoms with Crippen molar-refractivity contribution in [2.45, 2.75) is 45.3 Å². The molecule has 0 rings (SSSR count). The van der Waals surface area contributed by atoms with Crippen molar-refractivity contribution >= 4 is 5.97 Å². The highest BCUT2D eigenvalue weighted by atomic mass is 16.5. The van der Waals surface area contributed by atoms with Gasteiger partial charge in [0.1, 0.15) is 0 Å². The van der Waals surface area contributed by atoms with Crippen molar-refractivity contribution in [3.05, 3.63) is 0 Å². The summed E-state index contributed by atoms with van der Waals surface area (Å²) < 4.78 is 9.99. The van der Waals surface area contributed by atoms with Gasteiger partial charge in [-0.25, -0.2) is 0 Å². The molecule has 4 nitrogen and oxygen atoms in total. The van der Waals surface area contributed by atoms with Crippen LogP contribution in [0.5, 0.6) is 0 Å². The maximum Gasteiger partial charge on any atom is 0.305 e. The number of nitrogens with two attached hydrogens (primary N) is 1. The number of carbonyl (C=O) groups is 1. The summed E-state index contributed by atoms with van der Waals surface area (Å²) in [5.74, 6) is -0.226. The van der Waals surface area contributed by atoms with E-state index < -0.39 is 0 Å². The Labute approximate surface area is 85.8 Å². The molecule has 0 aliphatic rings. The van der Waals surface area contributed by atoms with Gasteiger partial charge in [-0.15, -0.1) is 0 Å². The molecule has 0 spiro atoms. The summed E-state index contributed by atoms with van der Waals surface area (Å²) in [6.45, 7) is 6.39. The van der Waals surface area contributed by atoms with Crippen LogP contribution in [-0.4, -0.2) is 31.3 Å². The lowest BCUT2D eigenvalue weighted by atomic mass is 10.1. The standard InChI is InChI=1S/C10H21NO3/c1-10(2,3)14-7-8(11)5-6-9(12)13-4/h8H,5-7,11H2,1-4H3. The highest BCUT2D eigenvalue weighted by Gasteiger charge is 2.13. The van der Waals surface area contributed by atoms with Crippen LogP contribution in [0.1, 0.15) is 33.6 Å². The Morgan fingerprint density at radius 2 is 2.00 bits per heavy atom. The number of carbonyl (C=O) groups excluding carboxylic acids is 1. The third-order valence-electron chi connectivity index (χ3n) is 1.68. The zero-order valence-corrected chi connectivity index (χ0v) is 9.50. The van der Waals surface area contributed by atoms with Crippen molar-refractivity contribution in [2.75, 3.05) is 13.7 Å². The Hall–Kier alpha value is -0.610. The van der Waals surface area contributed by atoms with E-state index in [1.54, 1.807) is 0 Å². The van der Waals surface area contributed by atoms with Gasteiger partial charge >= 0.3 is 5.97 Å². The topological polar surface area (TPSA) is 61.5 Å². The van der Waals surface area contributed by atoms with E-state index in [9.17, 15) is 4.79 Å². The predicted molar refractivity (Wildman–Crippen MR) is 54.9 cm³/mol. The molecule has 0 aromatic rings. The maximum atomic E-state index is 10.8. The molecule has 0 amide bonds. The minimum Gasteiger partial charge on any atom is -0.469 e. The minimum absolute atomic E-state index is 0.103. The number of ether oxygens (including phenoxy) is 2. The third kappa shape index (κ3) is 8.01. The Balaban J connectivity index is 3.56. The first-order chi connectivity index (χ1) is 6.35. The van der Waals surface area contributed by atoms with Crippen LogP contribution in [0.25, 0.3) is 0 Å². The molecule has 14 heavy (non-hydrogen) atoms. The fourth-order valence-electron chi connectivity index (χ4n) is 0.846. The minimum atomic E-state index is -0.226. The van der Waals surface area contributed by atoms with Gasteiger partial charge in [-0.3, -0.25) is 4.79 Å². The molecule has 0 aliphatic heterocycles. The first kappa shape index (κ1) is 13.4. The lowest BCUT2D eigenvalue weighted by Crippen LogP contribution is -2.32. The van der Waals surface area contributed by atoms with Crippen LogP contribution < -0.4 is 5.73 Å². The summed E-state index contributed by atoms with van der Waals surface area (Å²) in [6, 6.07) is -0.103. The van der Waals surface area contributed by atoms with Crippen LogP contribution in [0, 0.1) is 0 Å². The predicted octanol–water partition coefficient (Wildman–Crippen LogP) is 1.08. The van der Waals surface area contributed by atoms with Gasteiger partial charge in [0.2, 0.25) is 0 Å². The summed E-state index contributed by atoms with van der Waals surface area (Å²) >= 11 is 0. The monoisotopic (exact) mass is 203 g/mol. The SMILES string of the molecule is COC(=O)CCC(N)COC(C)(C)C. The molecule has 1 unspecified atom stereocenters. The maximum absolute atomic E-state index is 10.8. The van der Waals surface area contributed by atoms with Gasteiger partial charge in [0.05, 0.1) is 19.3 Å². The van der Waals surface area contributed by atoms with E-state index in [0.29, 0.717) is 19.4 Å². The second-order valence-electron chi connectivity index (χ2n) is 4.30. The van der Waals surface area contributed by atoms with Crippen LogP contribution >= 0.6 is 0 Å². The lowest BCUT2D eigenvalue weighted by molar-refractivity contribution is -0.140. The highest BCUT2D eigenvalue weighted by molar-refractivity contribution is 5.69. The van der Waals surface area contributed by atoms with E-state index in [1.807, 2.05) is 20.8 Å². The first-order valence-electron chi connectivity index (χ1n) is 4.81. The van der Waals surface area contributed by atoms with Gasteiger partial charge in [-0.05, 0) is 27.2 Å². The smallest absolute Gasteiger partial charge is 0.305 e. The number of methoxy groups -OCH3 is 1. The second kappa shape index (κ2) is 5.98. The van der Waals surface area contributed by atoms with Crippen molar-refractivity contribution in [3.8, 4) is 0 Å². The molecule has 0 aromatic carbocycles. The molecule has 0 heterocycles. The average molecular weight is 203 g/mol. The van der Waals surface area contributed by atoms with Crippen LogP contribution in [0.3, 0.4) is 0 Å². The number of esters is 1. The quantitative estimate of drug-likeness (QED) is 0.679. The van der Waals surface area contributed by atoms with Crippen LogP contribution in [0.4, 0.5) is 0 Å². The fourth-order valence-corrected chi connectivity index (χ4v) is 0.846. The van der Waals surface area contributed by atoms with Gasteiger partial charge in [-0.2, -0.15) is 0 Å². The van der Waals surface area contributed by atoms with Crippen LogP contribution in [0.2, 0.25) is 0 Å². The second-order valence-corrected chi connectivity index (χ2v) is 4.30. The molecule has 0 radical (unpaired) electrons. The third-order valence-corrected chi connectivity index (χ3v) is 1.68. The van der Waals surface area contributed by atoms with E-state index in [-0.39, 0.29) is 17.6 Å². The summed E-state index contributed by atoms with van der Waals surface area (Å²) in [6.07, 6.45) is 0.952. The molecule has 4 heteroatoms. The summed E-state index contributed by atoms with van der Waals surface area (Å²) in [5, 5.41) is 0. The van der Waals surface area contributed by atoms with E-state index in [1.165, 1.54) is 7.11 Å². The Morgan fingerprint density at radius 1 is 1.43 bits per heavy atom. The first-order valence-corrected chi connectivity index (χ1v) is 4.81. The molecule has 0 bridgehead atoms.